The van der Waals surface area contributed by atoms with E-state index in [1.54, 1.807) is 0 Å². The highest BCUT2D eigenvalue weighted by molar-refractivity contribution is 5.79. The summed E-state index contributed by atoms with van der Waals surface area (Å²) < 4.78 is 11.5. The highest BCUT2D eigenvalue weighted by Gasteiger charge is 2.33. The Morgan fingerprint density at radius 1 is 1.00 bits per heavy atom. The van der Waals surface area contributed by atoms with Crippen molar-refractivity contribution in [2.24, 2.45) is 5.92 Å². The van der Waals surface area contributed by atoms with Crippen LogP contribution in [0.3, 0.4) is 0 Å². The van der Waals surface area contributed by atoms with Gasteiger partial charge in [-0.2, -0.15) is 0 Å². The van der Waals surface area contributed by atoms with Crippen molar-refractivity contribution in [3.05, 3.63) is 29.8 Å². The van der Waals surface area contributed by atoms with Crippen LogP contribution in [0.15, 0.2) is 24.3 Å². The second-order valence-corrected chi connectivity index (χ2v) is 8.74. The third-order valence-corrected chi connectivity index (χ3v) is 6.23. The molecular weight excluding hydrogens is 366 g/mol. The fourth-order valence-electron chi connectivity index (χ4n) is 4.61. The van der Waals surface area contributed by atoms with Gasteiger partial charge in [-0.1, -0.05) is 18.6 Å². The minimum atomic E-state index is -0.0601. The lowest BCUT2D eigenvalue weighted by molar-refractivity contribution is -0.125. The van der Waals surface area contributed by atoms with Crippen LogP contribution in [0.25, 0.3) is 0 Å². The van der Waals surface area contributed by atoms with Gasteiger partial charge in [0.1, 0.15) is 5.75 Å². The molecular formula is C23H35N3O3. The number of likely N-dealkylation sites (tertiary alicyclic amines) is 1. The summed E-state index contributed by atoms with van der Waals surface area (Å²) in [5, 5.41) is 3.09. The standard InChI is InChI=1S/C23H35N3O3/c27-23-20-15-26(16-21(24-23)18-28-17-20)14-19-6-8-22(9-7-19)29-13-5-4-12-25-10-2-1-3-11-25/h6-9,20-21H,1-5,10-18H2,(H,24,27)/t20-,21+/m1/s1. The van der Waals surface area contributed by atoms with Gasteiger partial charge in [-0.05, 0) is 63.0 Å². The van der Waals surface area contributed by atoms with Gasteiger partial charge >= 0.3 is 0 Å². The zero-order chi connectivity index (χ0) is 19.9. The molecule has 3 saturated heterocycles. The van der Waals surface area contributed by atoms with Crippen LogP contribution in [0, 0.1) is 5.92 Å². The van der Waals surface area contributed by atoms with E-state index in [1.165, 1.54) is 50.9 Å². The zero-order valence-electron chi connectivity index (χ0n) is 17.5. The summed E-state index contributed by atoms with van der Waals surface area (Å²) in [4.78, 5) is 17.1. The molecule has 29 heavy (non-hydrogen) atoms. The van der Waals surface area contributed by atoms with Crippen LogP contribution in [-0.4, -0.2) is 74.3 Å². The number of hydrogen-bond donors (Lipinski definition) is 1. The summed E-state index contributed by atoms with van der Waals surface area (Å²) in [5.74, 6) is 1.03. The van der Waals surface area contributed by atoms with Crippen LogP contribution in [0.4, 0.5) is 0 Å². The number of nitrogens with one attached hydrogen (secondary N) is 1. The number of carbonyl (C=O) groups excluding carboxylic acids is 1. The lowest BCUT2D eigenvalue weighted by Crippen LogP contribution is -2.41. The Kier molecular flexibility index (Phi) is 7.41. The van der Waals surface area contributed by atoms with Crippen LogP contribution in [0.5, 0.6) is 5.75 Å². The molecule has 0 spiro atoms. The molecule has 0 saturated carbocycles. The molecule has 1 aromatic rings. The summed E-state index contributed by atoms with van der Waals surface area (Å²) in [6.45, 7) is 8.16. The fourth-order valence-corrected chi connectivity index (χ4v) is 4.61. The van der Waals surface area contributed by atoms with E-state index < -0.39 is 0 Å². The van der Waals surface area contributed by atoms with Crippen LogP contribution in [0.2, 0.25) is 0 Å². The molecule has 0 radical (unpaired) electrons. The lowest BCUT2D eigenvalue weighted by atomic mass is 10.1. The minimum absolute atomic E-state index is 0.0601. The Morgan fingerprint density at radius 2 is 1.83 bits per heavy atom. The largest absolute Gasteiger partial charge is 0.494 e. The van der Waals surface area contributed by atoms with Crippen molar-refractivity contribution in [3.8, 4) is 5.75 Å². The molecule has 3 fully saturated rings. The van der Waals surface area contributed by atoms with Gasteiger partial charge in [-0.15, -0.1) is 0 Å². The number of piperidine rings is 1. The SMILES string of the molecule is O=C1N[C@@H]2COC[C@H]1CN(Cc1ccc(OCCCCN3CCCCC3)cc1)C2. The maximum absolute atomic E-state index is 12.1. The maximum atomic E-state index is 12.1. The van der Waals surface area contributed by atoms with Crippen molar-refractivity contribution >= 4 is 5.91 Å². The summed E-state index contributed by atoms with van der Waals surface area (Å²) in [5.41, 5.74) is 1.26. The van der Waals surface area contributed by atoms with E-state index in [2.05, 4.69) is 39.4 Å². The van der Waals surface area contributed by atoms with E-state index in [4.69, 9.17) is 9.47 Å². The Hall–Kier alpha value is -1.63. The van der Waals surface area contributed by atoms with Gasteiger partial charge in [0.2, 0.25) is 5.91 Å². The van der Waals surface area contributed by atoms with E-state index in [1.807, 2.05) is 0 Å². The molecule has 1 amide bonds. The number of nitrogens with zero attached hydrogens (tertiary/aromatic N) is 2. The van der Waals surface area contributed by atoms with Gasteiger partial charge < -0.3 is 19.7 Å². The van der Waals surface area contributed by atoms with Crippen LogP contribution >= 0.6 is 0 Å². The fraction of sp³-hybridized carbons (Fsp3) is 0.696. The van der Waals surface area contributed by atoms with Gasteiger partial charge in [-0.3, -0.25) is 9.69 Å². The average molecular weight is 402 g/mol. The van der Waals surface area contributed by atoms with E-state index in [0.29, 0.717) is 13.2 Å². The summed E-state index contributed by atoms with van der Waals surface area (Å²) >= 11 is 0. The Labute approximate surface area is 174 Å². The lowest BCUT2D eigenvalue weighted by Gasteiger charge is -2.27. The molecule has 3 aliphatic heterocycles. The van der Waals surface area contributed by atoms with E-state index >= 15 is 0 Å². The first-order chi connectivity index (χ1) is 14.3. The first-order valence-electron chi connectivity index (χ1n) is 11.3. The Morgan fingerprint density at radius 3 is 2.66 bits per heavy atom. The molecule has 1 N–H and O–H groups in total. The molecule has 6 heteroatoms. The highest BCUT2D eigenvalue weighted by atomic mass is 16.5. The Balaban J connectivity index is 1.17. The summed E-state index contributed by atoms with van der Waals surface area (Å²) in [6, 6.07) is 8.55. The van der Waals surface area contributed by atoms with E-state index in [-0.39, 0.29) is 17.9 Å². The van der Waals surface area contributed by atoms with Crippen molar-refractivity contribution in [1.29, 1.82) is 0 Å². The van der Waals surface area contributed by atoms with E-state index in [9.17, 15) is 4.79 Å². The van der Waals surface area contributed by atoms with Crippen LogP contribution in [-0.2, 0) is 16.1 Å². The van der Waals surface area contributed by atoms with Gasteiger partial charge in [0.15, 0.2) is 0 Å². The second-order valence-electron chi connectivity index (χ2n) is 8.74. The number of fused-ring (bicyclic) bond motifs is 3. The molecule has 3 aliphatic rings. The molecule has 6 nitrogen and oxygen atoms in total. The van der Waals surface area contributed by atoms with Crippen molar-refractivity contribution in [2.75, 3.05) is 52.5 Å². The minimum Gasteiger partial charge on any atom is -0.494 e. The first kappa shape index (κ1) is 20.6. The Bertz CT molecular complexity index is 645. The van der Waals surface area contributed by atoms with Crippen molar-refractivity contribution in [2.45, 2.75) is 44.7 Å². The topological polar surface area (TPSA) is 54.0 Å². The highest BCUT2D eigenvalue weighted by Crippen LogP contribution is 2.18. The molecule has 3 heterocycles. The number of hydrogen-bond acceptors (Lipinski definition) is 5. The van der Waals surface area contributed by atoms with Gasteiger partial charge in [0, 0.05) is 19.6 Å². The third kappa shape index (κ3) is 6.17. The molecule has 0 aromatic heterocycles. The normalized spacial score (nSPS) is 26.0. The van der Waals surface area contributed by atoms with Crippen LogP contribution in [0.1, 0.15) is 37.7 Å². The predicted octanol–water partition coefficient (Wildman–Crippen LogP) is 2.28. The molecule has 2 atom stereocenters. The van der Waals surface area contributed by atoms with Crippen molar-refractivity contribution in [1.82, 2.24) is 15.1 Å². The van der Waals surface area contributed by atoms with Crippen molar-refractivity contribution in [3.63, 3.8) is 0 Å². The third-order valence-electron chi connectivity index (χ3n) is 6.23. The number of rotatable bonds is 8. The second kappa shape index (κ2) is 10.4. The number of ether oxygens (including phenoxy) is 2. The molecule has 4 rings (SSSR count). The van der Waals surface area contributed by atoms with Gasteiger partial charge in [-0.25, -0.2) is 0 Å². The van der Waals surface area contributed by atoms with Crippen LogP contribution < -0.4 is 10.1 Å². The smallest absolute Gasteiger partial charge is 0.227 e. The average Bonchev–Trinajstić information content (AvgIpc) is 2.98. The molecule has 2 bridgehead atoms. The van der Waals surface area contributed by atoms with E-state index in [0.717, 1.165) is 38.4 Å². The molecule has 160 valence electrons. The number of carbonyl (C=O) groups is 1. The predicted molar refractivity (Wildman–Crippen MR) is 113 cm³/mol. The quantitative estimate of drug-likeness (QED) is 0.678. The zero-order valence-corrected chi connectivity index (χ0v) is 17.5. The van der Waals surface area contributed by atoms with Crippen molar-refractivity contribution < 1.29 is 14.3 Å². The molecule has 1 aromatic carbocycles. The van der Waals surface area contributed by atoms with Gasteiger partial charge in [0.05, 0.1) is 31.8 Å². The number of benzene rings is 1. The monoisotopic (exact) mass is 401 g/mol. The summed E-state index contributed by atoms with van der Waals surface area (Å²) in [7, 11) is 0. The molecule has 0 aliphatic carbocycles. The summed E-state index contributed by atoms with van der Waals surface area (Å²) in [6.07, 6.45) is 6.45. The maximum Gasteiger partial charge on any atom is 0.227 e. The van der Waals surface area contributed by atoms with Gasteiger partial charge in [0.25, 0.3) is 0 Å². The number of amides is 1. The number of unbranched alkanes of at least 4 members (excludes halogenated alkanes) is 1. The molecule has 0 unspecified atom stereocenters. The first-order valence-corrected chi connectivity index (χ1v) is 11.3.